The molecule has 0 fully saturated rings. The highest BCUT2D eigenvalue weighted by atomic mass is 16.6. The minimum Gasteiger partial charge on any atom is -0.465 e. The van der Waals surface area contributed by atoms with Gasteiger partial charge in [-0.05, 0) is 17.7 Å². The molecule has 0 saturated carbocycles. The molecule has 0 radical (unpaired) electrons. The summed E-state index contributed by atoms with van der Waals surface area (Å²) in [6, 6.07) is 9.25. The van der Waals surface area contributed by atoms with Gasteiger partial charge in [0.2, 0.25) is 0 Å². The van der Waals surface area contributed by atoms with Crippen molar-refractivity contribution in [3.63, 3.8) is 0 Å². The van der Waals surface area contributed by atoms with Gasteiger partial charge in [-0.2, -0.15) is 5.26 Å². The van der Waals surface area contributed by atoms with E-state index in [4.69, 9.17) is 5.26 Å². The molecule has 0 saturated heterocycles. The summed E-state index contributed by atoms with van der Waals surface area (Å²) < 4.78 is 5.59. The van der Waals surface area contributed by atoms with Gasteiger partial charge in [0, 0.05) is 12.3 Å². The molecule has 0 atom stereocenters. The maximum Gasteiger partial charge on any atom is 0.339 e. The molecule has 1 aromatic heterocycles. The van der Waals surface area contributed by atoms with Crippen LogP contribution in [0.2, 0.25) is 0 Å². The number of nitro groups is 1. The minimum atomic E-state index is -0.843. The van der Waals surface area contributed by atoms with Crippen LogP contribution in [0.3, 0.4) is 0 Å². The molecule has 8 nitrogen and oxygen atoms in total. The Morgan fingerprint density at radius 1 is 1.39 bits per heavy atom. The van der Waals surface area contributed by atoms with E-state index in [2.05, 4.69) is 4.74 Å². The van der Waals surface area contributed by atoms with E-state index in [0.29, 0.717) is 11.1 Å². The Balaban J connectivity index is 2.49. The number of esters is 1. The van der Waals surface area contributed by atoms with E-state index in [1.165, 1.54) is 6.20 Å². The average Bonchev–Trinajstić information content (AvgIpc) is 2.56. The van der Waals surface area contributed by atoms with Crippen LogP contribution >= 0.6 is 0 Å². The van der Waals surface area contributed by atoms with Crippen LogP contribution in [0, 0.1) is 21.4 Å². The topological polar surface area (TPSA) is 115 Å². The summed E-state index contributed by atoms with van der Waals surface area (Å²) in [5.41, 5.74) is -0.515. The molecule has 116 valence electrons. The molecule has 0 unspecified atom stereocenters. The summed E-state index contributed by atoms with van der Waals surface area (Å²) in [5, 5.41) is 19.7. The van der Waals surface area contributed by atoms with Crippen molar-refractivity contribution in [2.45, 2.75) is 6.54 Å². The van der Waals surface area contributed by atoms with E-state index in [0.717, 1.165) is 17.7 Å². The SMILES string of the molecule is COC(=O)c1cc([N+](=O)[O-])c(=O)n(Cc2ccc(C#N)cc2)c1. The molecule has 1 aromatic carbocycles. The highest BCUT2D eigenvalue weighted by molar-refractivity contribution is 5.89. The van der Waals surface area contributed by atoms with Gasteiger partial charge < -0.3 is 9.30 Å². The van der Waals surface area contributed by atoms with E-state index in [1.54, 1.807) is 24.3 Å². The molecule has 1 heterocycles. The Labute approximate surface area is 130 Å². The fourth-order valence-corrected chi connectivity index (χ4v) is 1.98. The molecule has 0 aliphatic rings. The number of methoxy groups -OCH3 is 1. The van der Waals surface area contributed by atoms with Gasteiger partial charge in [-0.25, -0.2) is 4.79 Å². The van der Waals surface area contributed by atoms with E-state index in [-0.39, 0.29) is 12.1 Å². The number of carbonyl (C=O) groups is 1. The zero-order chi connectivity index (χ0) is 17.0. The molecule has 0 aliphatic carbocycles. The molecule has 0 amide bonds. The van der Waals surface area contributed by atoms with E-state index < -0.39 is 22.1 Å². The summed E-state index contributed by atoms with van der Waals surface area (Å²) in [6.45, 7) is 0.0240. The summed E-state index contributed by atoms with van der Waals surface area (Å²) >= 11 is 0. The summed E-state index contributed by atoms with van der Waals surface area (Å²) in [6.07, 6.45) is 1.21. The standard InChI is InChI=1S/C15H11N3O5/c1-23-15(20)12-6-13(18(21)22)14(19)17(9-12)8-11-4-2-10(7-16)3-5-11/h2-6,9H,8H2,1H3. The third-order valence-corrected chi connectivity index (χ3v) is 3.12. The second-order valence-electron chi connectivity index (χ2n) is 4.60. The van der Waals surface area contributed by atoms with Gasteiger partial charge >= 0.3 is 17.2 Å². The third-order valence-electron chi connectivity index (χ3n) is 3.12. The number of carbonyl (C=O) groups excluding carboxylic acids is 1. The second kappa shape index (κ2) is 6.53. The van der Waals surface area contributed by atoms with Crippen LogP contribution in [0.5, 0.6) is 0 Å². The van der Waals surface area contributed by atoms with Gasteiger partial charge in [0.25, 0.3) is 0 Å². The predicted octanol–water partition coefficient (Wildman–Crippen LogP) is 1.46. The molecule has 0 aliphatic heterocycles. The van der Waals surface area contributed by atoms with Crippen molar-refractivity contribution < 1.29 is 14.5 Å². The average molecular weight is 313 g/mol. The number of hydrogen-bond acceptors (Lipinski definition) is 6. The number of rotatable bonds is 4. The number of nitriles is 1. The van der Waals surface area contributed by atoms with E-state index in [9.17, 15) is 19.7 Å². The Kier molecular flexibility index (Phi) is 4.52. The first-order chi connectivity index (χ1) is 11.0. The van der Waals surface area contributed by atoms with Crippen molar-refractivity contribution in [1.82, 2.24) is 4.57 Å². The monoisotopic (exact) mass is 313 g/mol. The quantitative estimate of drug-likeness (QED) is 0.479. The third kappa shape index (κ3) is 3.41. The molecule has 0 bridgehead atoms. The summed E-state index contributed by atoms with van der Waals surface area (Å²) in [5.74, 6) is -0.776. The second-order valence-corrected chi connectivity index (χ2v) is 4.60. The van der Waals surface area contributed by atoms with Crippen LogP contribution in [0.1, 0.15) is 21.5 Å². The number of ether oxygens (including phenoxy) is 1. The lowest BCUT2D eigenvalue weighted by atomic mass is 10.1. The van der Waals surface area contributed by atoms with Crippen LogP contribution in [-0.4, -0.2) is 22.6 Å². The van der Waals surface area contributed by atoms with Gasteiger partial charge in [-0.15, -0.1) is 0 Å². The van der Waals surface area contributed by atoms with Crippen molar-refractivity contribution in [3.05, 3.63) is 73.7 Å². The molecule has 2 aromatic rings. The number of nitrogens with zero attached hydrogens (tertiary/aromatic N) is 3. The van der Waals surface area contributed by atoms with Crippen LogP contribution in [-0.2, 0) is 11.3 Å². The molecule has 0 N–H and O–H groups in total. The van der Waals surface area contributed by atoms with Crippen molar-refractivity contribution in [2.75, 3.05) is 7.11 Å². The Morgan fingerprint density at radius 3 is 2.57 bits per heavy atom. The maximum atomic E-state index is 12.1. The lowest BCUT2D eigenvalue weighted by molar-refractivity contribution is -0.386. The Hall–Kier alpha value is -3.47. The van der Waals surface area contributed by atoms with E-state index in [1.807, 2.05) is 6.07 Å². The maximum absolute atomic E-state index is 12.1. The minimum absolute atomic E-state index is 0.0240. The van der Waals surface area contributed by atoms with Crippen LogP contribution in [0.15, 0.2) is 41.3 Å². The molecular weight excluding hydrogens is 302 g/mol. The number of hydrogen-bond donors (Lipinski definition) is 0. The molecule has 8 heteroatoms. The predicted molar refractivity (Wildman–Crippen MR) is 79.0 cm³/mol. The summed E-state index contributed by atoms with van der Waals surface area (Å²) in [7, 11) is 1.14. The molecule has 2 rings (SSSR count). The van der Waals surface area contributed by atoms with Crippen molar-refractivity contribution in [3.8, 4) is 6.07 Å². The summed E-state index contributed by atoms with van der Waals surface area (Å²) in [4.78, 5) is 33.8. The first-order valence-corrected chi connectivity index (χ1v) is 6.42. The van der Waals surface area contributed by atoms with Crippen LogP contribution < -0.4 is 5.56 Å². The Morgan fingerprint density at radius 2 is 2.04 bits per heavy atom. The zero-order valence-corrected chi connectivity index (χ0v) is 12.1. The molecular formula is C15H11N3O5. The largest absolute Gasteiger partial charge is 0.465 e. The van der Waals surface area contributed by atoms with Gasteiger partial charge in [0.05, 0.1) is 35.8 Å². The number of aromatic nitrogens is 1. The first-order valence-electron chi connectivity index (χ1n) is 6.42. The first kappa shape index (κ1) is 15.9. The highest BCUT2D eigenvalue weighted by Gasteiger charge is 2.20. The fourth-order valence-electron chi connectivity index (χ4n) is 1.98. The van der Waals surface area contributed by atoms with Gasteiger partial charge in [-0.3, -0.25) is 14.9 Å². The molecule has 23 heavy (non-hydrogen) atoms. The van der Waals surface area contributed by atoms with Gasteiger partial charge in [0.15, 0.2) is 0 Å². The normalized spacial score (nSPS) is 9.91. The zero-order valence-electron chi connectivity index (χ0n) is 12.1. The van der Waals surface area contributed by atoms with Gasteiger partial charge in [0.1, 0.15) is 0 Å². The molecule has 0 spiro atoms. The van der Waals surface area contributed by atoms with Crippen molar-refractivity contribution in [2.24, 2.45) is 0 Å². The lowest BCUT2D eigenvalue weighted by Gasteiger charge is -2.08. The van der Waals surface area contributed by atoms with Crippen LogP contribution in [0.25, 0.3) is 0 Å². The van der Waals surface area contributed by atoms with Gasteiger partial charge in [-0.1, -0.05) is 12.1 Å². The fraction of sp³-hybridized carbons (Fsp3) is 0.133. The Bertz CT molecular complexity index is 862. The lowest BCUT2D eigenvalue weighted by Crippen LogP contribution is -2.24. The smallest absolute Gasteiger partial charge is 0.339 e. The highest BCUT2D eigenvalue weighted by Crippen LogP contribution is 2.11. The number of pyridine rings is 1. The van der Waals surface area contributed by atoms with Crippen LogP contribution in [0.4, 0.5) is 5.69 Å². The van der Waals surface area contributed by atoms with Crippen molar-refractivity contribution >= 4 is 11.7 Å². The van der Waals surface area contributed by atoms with E-state index >= 15 is 0 Å². The number of benzene rings is 1. The van der Waals surface area contributed by atoms with Crippen molar-refractivity contribution in [1.29, 1.82) is 5.26 Å².